The molecule has 0 aromatic heterocycles. The van der Waals surface area contributed by atoms with Crippen molar-refractivity contribution in [2.45, 2.75) is 43.5 Å². The highest BCUT2D eigenvalue weighted by Crippen LogP contribution is 2.46. The fourth-order valence-corrected chi connectivity index (χ4v) is 6.22. The molecule has 4 nitrogen and oxygen atoms in total. The Hall–Kier alpha value is -0.910. The number of sulfonamides is 1. The lowest BCUT2D eigenvalue weighted by Crippen LogP contribution is -2.53. The van der Waals surface area contributed by atoms with Gasteiger partial charge in [0.15, 0.2) is 0 Å². The average Bonchev–Trinajstić information content (AvgIpc) is 3.18. The monoisotopic (exact) mass is 334 g/mol. The fraction of sp³-hybridized carbons (Fsp3) is 0.667. The number of hydrogen-bond acceptors (Lipinski definition) is 3. The van der Waals surface area contributed by atoms with Gasteiger partial charge in [-0.3, -0.25) is 4.90 Å². The third-order valence-electron chi connectivity index (χ3n) is 6.10. The van der Waals surface area contributed by atoms with E-state index < -0.39 is 10.0 Å². The van der Waals surface area contributed by atoms with Crippen LogP contribution in [-0.2, 0) is 10.0 Å². The van der Waals surface area contributed by atoms with Crippen LogP contribution >= 0.6 is 0 Å². The summed E-state index contributed by atoms with van der Waals surface area (Å²) in [6, 6.07) is 7.93. The van der Waals surface area contributed by atoms with E-state index in [1.165, 1.54) is 25.7 Å². The minimum absolute atomic E-state index is 0.427. The van der Waals surface area contributed by atoms with Crippen LogP contribution in [0.1, 0.15) is 31.2 Å². The fourth-order valence-electron chi connectivity index (χ4n) is 4.79. The summed E-state index contributed by atoms with van der Waals surface area (Å²) in [6.45, 7) is 5.01. The summed E-state index contributed by atoms with van der Waals surface area (Å²) in [6.07, 6.45) is 5.56. The Kier molecular flexibility index (Phi) is 3.98. The van der Waals surface area contributed by atoms with E-state index in [0.29, 0.717) is 18.0 Å². The Labute approximate surface area is 139 Å². The van der Waals surface area contributed by atoms with Gasteiger partial charge in [-0.1, -0.05) is 24.1 Å². The number of fused-ring (bicyclic) bond motifs is 2. The van der Waals surface area contributed by atoms with Crippen LogP contribution in [0.4, 0.5) is 0 Å². The van der Waals surface area contributed by atoms with Crippen LogP contribution < -0.4 is 0 Å². The maximum atomic E-state index is 12.8. The summed E-state index contributed by atoms with van der Waals surface area (Å²) >= 11 is 0. The summed E-state index contributed by atoms with van der Waals surface area (Å²) < 4.78 is 27.2. The van der Waals surface area contributed by atoms with E-state index >= 15 is 0 Å². The van der Waals surface area contributed by atoms with E-state index in [1.807, 2.05) is 19.1 Å². The predicted molar refractivity (Wildman–Crippen MR) is 90.7 cm³/mol. The Morgan fingerprint density at radius 2 is 1.65 bits per heavy atom. The number of benzene rings is 1. The van der Waals surface area contributed by atoms with E-state index in [-0.39, 0.29) is 0 Å². The Morgan fingerprint density at radius 1 is 0.957 bits per heavy atom. The van der Waals surface area contributed by atoms with Crippen LogP contribution in [0, 0.1) is 18.8 Å². The molecule has 1 aromatic carbocycles. The molecular formula is C18H26N2O2S. The first kappa shape index (κ1) is 15.6. The van der Waals surface area contributed by atoms with Gasteiger partial charge in [-0.15, -0.1) is 0 Å². The van der Waals surface area contributed by atoms with Crippen LogP contribution in [0.5, 0.6) is 0 Å². The summed E-state index contributed by atoms with van der Waals surface area (Å²) in [5.41, 5.74) is 1.09. The molecule has 0 radical (unpaired) electrons. The maximum Gasteiger partial charge on any atom is 0.243 e. The van der Waals surface area contributed by atoms with Gasteiger partial charge in [0.25, 0.3) is 0 Å². The van der Waals surface area contributed by atoms with E-state index in [9.17, 15) is 8.42 Å². The molecule has 5 heteroatoms. The van der Waals surface area contributed by atoms with Crippen LogP contribution in [0.15, 0.2) is 29.2 Å². The third-order valence-corrected chi connectivity index (χ3v) is 8.01. The molecule has 1 heterocycles. The molecule has 126 valence electrons. The first-order valence-electron chi connectivity index (χ1n) is 8.85. The standard InChI is InChI=1S/C18H26N2O2S/c1-14-2-6-17(7-3-14)23(21,22)20-10-8-19(9-11-20)18-13-15-4-5-16(18)12-15/h2-3,6-7,15-16,18H,4-5,8-13H2,1H3. The smallest absolute Gasteiger partial charge is 0.243 e. The van der Waals surface area contributed by atoms with E-state index in [4.69, 9.17) is 0 Å². The van der Waals surface area contributed by atoms with E-state index in [2.05, 4.69) is 4.90 Å². The number of nitrogens with zero attached hydrogens (tertiary/aromatic N) is 2. The van der Waals surface area contributed by atoms with Gasteiger partial charge in [0.1, 0.15) is 0 Å². The number of hydrogen-bond donors (Lipinski definition) is 0. The van der Waals surface area contributed by atoms with Crippen LogP contribution in [0.3, 0.4) is 0 Å². The lowest BCUT2D eigenvalue weighted by Gasteiger charge is -2.40. The molecule has 2 aliphatic carbocycles. The van der Waals surface area contributed by atoms with Crippen LogP contribution in [-0.4, -0.2) is 49.8 Å². The Morgan fingerprint density at radius 3 is 2.22 bits per heavy atom. The molecule has 2 saturated carbocycles. The van der Waals surface area contributed by atoms with Gasteiger partial charge in [-0.2, -0.15) is 4.31 Å². The van der Waals surface area contributed by atoms with Gasteiger partial charge < -0.3 is 0 Å². The van der Waals surface area contributed by atoms with Gasteiger partial charge in [0, 0.05) is 32.2 Å². The van der Waals surface area contributed by atoms with Crippen molar-refractivity contribution in [3.8, 4) is 0 Å². The highest BCUT2D eigenvalue weighted by Gasteiger charge is 2.43. The summed E-state index contributed by atoms with van der Waals surface area (Å²) in [7, 11) is -3.33. The lowest BCUT2D eigenvalue weighted by molar-refractivity contribution is 0.101. The van der Waals surface area contributed by atoms with Gasteiger partial charge in [-0.25, -0.2) is 8.42 Å². The second-order valence-corrected chi connectivity index (χ2v) is 9.43. The van der Waals surface area contributed by atoms with Gasteiger partial charge in [0.2, 0.25) is 10.0 Å². The van der Waals surface area contributed by atoms with E-state index in [1.54, 1.807) is 16.4 Å². The van der Waals surface area contributed by atoms with Crippen molar-refractivity contribution >= 4 is 10.0 Å². The van der Waals surface area contributed by atoms with Crippen LogP contribution in [0.2, 0.25) is 0 Å². The quantitative estimate of drug-likeness (QED) is 0.853. The molecule has 4 rings (SSSR count). The predicted octanol–water partition coefficient (Wildman–Crippen LogP) is 2.49. The van der Waals surface area contributed by atoms with E-state index in [0.717, 1.165) is 36.5 Å². The average molecular weight is 334 g/mol. The lowest BCUT2D eigenvalue weighted by atomic mass is 9.93. The zero-order valence-electron chi connectivity index (χ0n) is 13.8. The molecule has 0 N–H and O–H groups in total. The number of aryl methyl sites for hydroxylation is 1. The first-order chi connectivity index (χ1) is 11.0. The molecule has 0 amide bonds. The van der Waals surface area contributed by atoms with Gasteiger partial charge in [-0.05, 0) is 50.2 Å². The third kappa shape index (κ3) is 2.83. The number of rotatable bonds is 3. The molecule has 0 spiro atoms. The van der Waals surface area contributed by atoms with Gasteiger partial charge in [0.05, 0.1) is 4.90 Å². The minimum Gasteiger partial charge on any atom is -0.297 e. The van der Waals surface area contributed by atoms with Crippen molar-refractivity contribution in [2.75, 3.05) is 26.2 Å². The molecule has 3 aliphatic rings. The normalized spacial score (nSPS) is 32.5. The largest absolute Gasteiger partial charge is 0.297 e. The van der Waals surface area contributed by atoms with Crippen molar-refractivity contribution in [3.05, 3.63) is 29.8 Å². The zero-order valence-corrected chi connectivity index (χ0v) is 14.6. The molecule has 23 heavy (non-hydrogen) atoms. The molecular weight excluding hydrogens is 308 g/mol. The van der Waals surface area contributed by atoms with Crippen molar-refractivity contribution in [2.24, 2.45) is 11.8 Å². The Balaban J connectivity index is 1.42. The number of piperazine rings is 1. The molecule has 3 atom stereocenters. The van der Waals surface area contributed by atoms with Gasteiger partial charge >= 0.3 is 0 Å². The van der Waals surface area contributed by atoms with Crippen molar-refractivity contribution < 1.29 is 8.42 Å². The molecule has 2 bridgehead atoms. The molecule has 1 saturated heterocycles. The highest BCUT2D eigenvalue weighted by molar-refractivity contribution is 7.89. The topological polar surface area (TPSA) is 40.6 Å². The molecule has 3 fully saturated rings. The van der Waals surface area contributed by atoms with Crippen molar-refractivity contribution in [1.82, 2.24) is 9.21 Å². The second kappa shape index (κ2) is 5.87. The first-order valence-corrected chi connectivity index (χ1v) is 10.3. The Bertz CT molecular complexity index is 663. The SMILES string of the molecule is Cc1ccc(S(=O)(=O)N2CCN(C3CC4CCC3C4)CC2)cc1. The molecule has 1 aromatic rings. The second-order valence-electron chi connectivity index (χ2n) is 7.50. The van der Waals surface area contributed by atoms with Crippen LogP contribution in [0.25, 0.3) is 0 Å². The summed E-state index contributed by atoms with van der Waals surface area (Å²) in [5, 5.41) is 0. The maximum absolute atomic E-state index is 12.8. The summed E-state index contributed by atoms with van der Waals surface area (Å²) in [4.78, 5) is 2.99. The minimum atomic E-state index is -3.33. The molecule has 3 unspecified atom stereocenters. The highest BCUT2D eigenvalue weighted by atomic mass is 32.2. The van der Waals surface area contributed by atoms with Crippen molar-refractivity contribution in [1.29, 1.82) is 0 Å². The summed E-state index contributed by atoms with van der Waals surface area (Å²) in [5.74, 6) is 1.82. The molecule has 1 aliphatic heterocycles. The van der Waals surface area contributed by atoms with Crippen molar-refractivity contribution in [3.63, 3.8) is 0 Å². The zero-order chi connectivity index (χ0) is 16.0.